The first-order valence-electron chi connectivity index (χ1n) is 13.0. The molecule has 0 saturated carbocycles. The highest BCUT2D eigenvalue weighted by molar-refractivity contribution is 7.94. The topological polar surface area (TPSA) is 152 Å². The second-order valence-electron chi connectivity index (χ2n) is 9.51. The van der Waals surface area contributed by atoms with Crippen LogP contribution in [0.3, 0.4) is 0 Å². The molecular weight excluding hydrogens is 647 g/mol. The first kappa shape index (κ1) is 33.0. The summed E-state index contributed by atoms with van der Waals surface area (Å²) in [6, 6.07) is 16.2. The Morgan fingerprint density at radius 1 is 1.18 bits per heavy atom. The smallest absolute Gasteiger partial charge is 0.490 e. The van der Waals surface area contributed by atoms with Gasteiger partial charge in [-0.15, -0.1) is 11.3 Å². The molecule has 5 rings (SSSR count). The van der Waals surface area contributed by atoms with Gasteiger partial charge in [-0.25, -0.2) is 13.2 Å². The number of ether oxygens (including phenoxy) is 1. The van der Waals surface area contributed by atoms with Gasteiger partial charge >= 0.3 is 12.1 Å². The Morgan fingerprint density at radius 2 is 1.89 bits per heavy atom. The fourth-order valence-electron chi connectivity index (χ4n) is 4.41. The van der Waals surface area contributed by atoms with Crippen LogP contribution in [0.5, 0.6) is 5.75 Å². The molecule has 0 aliphatic carbocycles. The number of hydrogen-bond acceptors (Lipinski definition) is 8. The van der Waals surface area contributed by atoms with Crippen LogP contribution in [0, 0.1) is 0 Å². The number of halogens is 4. The number of rotatable bonds is 9. The molecule has 0 bridgehead atoms. The number of carbonyl (C=O) groups is 2. The lowest BCUT2D eigenvalue weighted by Gasteiger charge is -2.12. The first-order chi connectivity index (χ1) is 20.8. The molecule has 44 heavy (non-hydrogen) atoms. The predicted molar refractivity (Wildman–Crippen MR) is 159 cm³/mol. The molecule has 0 spiro atoms. The molecule has 2 aromatic carbocycles. The molecule has 2 aromatic heterocycles. The maximum atomic E-state index is 13.0. The van der Waals surface area contributed by atoms with Crippen molar-refractivity contribution < 1.29 is 41.0 Å². The number of aromatic nitrogens is 2. The van der Waals surface area contributed by atoms with Gasteiger partial charge in [-0.05, 0) is 54.8 Å². The van der Waals surface area contributed by atoms with E-state index in [9.17, 15) is 26.4 Å². The standard InChI is InChI=1S/C25H26ClN5O4S2.C2HF3O2/c1-35-20-9-3-8-19-23(20)24(30-37(33,34)22-11-10-21(26)36-22)29-31(19)15-17-6-2-5-16(13-17)14-28-25(32)18-7-4-12-27-18;3-2(4,5)1(6)7/h2-3,5-6,8-11,13,18,27H,4,7,12,14-15H2,1H3,(H,28,32)(H,29,30);(H,6,7)/t18-;/m0./s1. The van der Waals surface area contributed by atoms with Gasteiger partial charge < -0.3 is 20.5 Å². The summed E-state index contributed by atoms with van der Waals surface area (Å²) in [5.74, 6) is -2.07. The van der Waals surface area contributed by atoms with E-state index in [-0.39, 0.29) is 22.0 Å². The third kappa shape index (κ3) is 8.19. The van der Waals surface area contributed by atoms with Crippen molar-refractivity contribution in [2.45, 2.75) is 42.4 Å². The Labute approximate surface area is 259 Å². The molecule has 1 aliphatic heterocycles. The molecule has 4 N–H and O–H groups in total. The lowest BCUT2D eigenvalue weighted by molar-refractivity contribution is -0.192. The number of nitrogens with one attached hydrogen (secondary N) is 3. The van der Waals surface area contributed by atoms with Crippen molar-refractivity contribution in [1.29, 1.82) is 0 Å². The second-order valence-corrected chi connectivity index (χ2v) is 13.1. The molecule has 11 nitrogen and oxygen atoms in total. The summed E-state index contributed by atoms with van der Waals surface area (Å²) in [4.78, 5) is 21.3. The summed E-state index contributed by atoms with van der Waals surface area (Å²) in [6.07, 6.45) is -3.22. The zero-order valence-corrected chi connectivity index (χ0v) is 25.4. The van der Waals surface area contributed by atoms with Crippen molar-refractivity contribution >= 4 is 61.6 Å². The van der Waals surface area contributed by atoms with Gasteiger partial charge in [0.25, 0.3) is 10.0 Å². The van der Waals surface area contributed by atoms with Crippen LogP contribution in [-0.2, 0) is 32.7 Å². The van der Waals surface area contributed by atoms with Crippen molar-refractivity contribution in [2.75, 3.05) is 18.4 Å². The number of alkyl halides is 3. The quantitative estimate of drug-likeness (QED) is 0.201. The van der Waals surface area contributed by atoms with Crippen LogP contribution >= 0.6 is 22.9 Å². The maximum absolute atomic E-state index is 13.0. The lowest BCUT2D eigenvalue weighted by atomic mass is 10.1. The third-order valence-electron chi connectivity index (χ3n) is 6.41. The zero-order chi connectivity index (χ0) is 32.1. The highest BCUT2D eigenvalue weighted by Gasteiger charge is 2.38. The molecule has 236 valence electrons. The largest absolute Gasteiger partial charge is 0.496 e. The fraction of sp³-hybridized carbons (Fsp3) is 0.296. The van der Waals surface area contributed by atoms with Gasteiger partial charge in [0.05, 0.1) is 34.9 Å². The monoisotopic (exact) mass is 673 g/mol. The summed E-state index contributed by atoms with van der Waals surface area (Å²) in [7, 11) is -2.36. The van der Waals surface area contributed by atoms with E-state index in [0.29, 0.717) is 34.1 Å². The van der Waals surface area contributed by atoms with E-state index < -0.39 is 22.2 Å². The molecule has 1 saturated heterocycles. The molecule has 1 aliphatic rings. The Morgan fingerprint density at radius 3 is 2.50 bits per heavy atom. The minimum atomic E-state index is -5.08. The van der Waals surface area contributed by atoms with Crippen LogP contribution in [0.15, 0.2) is 58.8 Å². The van der Waals surface area contributed by atoms with Crippen LogP contribution < -0.4 is 20.1 Å². The fourth-order valence-corrected chi connectivity index (χ4v) is 6.90. The number of sulfonamides is 1. The van der Waals surface area contributed by atoms with Gasteiger partial charge in [-0.1, -0.05) is 41.9 Å². The molecule has 1 fully saturated rings. The van der Waals surface area contributed by atoms with E-state index in [1.807, 2.05) is 36.4 Å². The third-order valence-corrected chi connectivity index (χ3v) is 9.48. The number of thiophene rings is 1. The van der Waals surface area contributed by atoms with Crippen molar-refractivity contribution in [2.24, 2.45) is 0 Å². The molecule has 3 heterocycles. The van der Waals surface area contributed by atoms with Gasteiger partial charge in [0.15, 0.2) is 5.82 Å². The van der Waals surface area contributed by atoms with Crippen LogP contribution in [0.2, 0.25) is 4.34 Å². The predicted octanol–water partition coefficient (Wildman–Crippen LogP) is 4.61. The van der Waals surface area contributed by atoms with Crippen LogP contribution in [0.4, 0.5) is 19.0 Å². The lowest BCUT2D eigenvalue weighted by Crippen LogP contribution is -2.40. The number of carboxylic acids is 1. The van der Waals surface area contributed by atoms with Gasteiger partial charge in [-0.3, -0.25) is 14.2 Å². The van der Waals surface area contributed by atoms with E-state index in [1.54, 1.807) is 10.7 Å². The SMILES string of the molecule is COc1cccc2c1c(NS(=O)(=O)c1ccc(Cl)s1)nn2Cc1cccc(CNC(=O)[C@@H]2CCCN2)c1.O=C(O)C(F)(F)F. The molecule has 4 aromatic rings. The summed E-state index contributed by atoms with van der Waals surface area (Å²) < 4.78 is 68.1. The van der Waals surface area contributed by atoms with Crippen LogP contribution in [0.1, 0.15) is 24.0 Å². The molecule has 0 radical (unpaired) electrons. The minimum Gasteiger partial charge on any atom is -0.496 e. The number of anilines is 1. The van der Waals surface area contributed by atoms with E-state index in [0.717, 1.165) is 41.9 Å². The highest BCUT2D eigenvalue weighted by atomic mass is 35.5. The second kappa shape index (κ2) is 13.8. The number of nitrogens with zero attached hydrogens (tertiary/aromatic N) is 2. The van der Waals surface area contributed by atoms with Crippen molar-refractivity contribution in [3.8, 4) is 5.75 Å². The van der Waals surface area contributed by atoms with Crippen molar-refractivity contribution in [3.63, 3.8) is 0 Å². The molecule has 0 unspecified atom stereocenters. The summed E-state index contributed by atoms with van der Waals surface area (Å²) in [5, 5.41) is 18.5. The first-order valence-corrected chi connectivity index (χ1v) is 15.7. The van der Waals surface area contributed by atoms with E-state index in [2.05, 4.69) is 20.5 Å². The van der Waals surface area contributed by atoms with Crippen molar-refractivity contribution in [1.82, 2.24) is 20.4 Å². The van der Waals surface area contributed by atoms with Crippen LogP contribution in [0.25, 0.3) is 10.9 Å². The number of aliphatic carboxylic acids is 1. The summed E-state index contributed by atoms with van der Waals surface area (Å²) in [5.41, 5.74) is 2.64. The number of carbonyl (C=O) groups excluding carboxylic acids is 1. The number of hydrogen-bond donors (Lipinski definition) is 4. The van der Waals surface area contributed by atoms with Crippen molar-refractivity contribution in [3.05, 3.63) is 70.1 Å². The zero-order valence-electron chi connectivity index (χ0n) is 23.0. The van der Waals surface area contributed by atoms with E-state index in [4.69, 9.17) is 26.2 Å². The normalized spacial score (nSPS) is 15.0. The summed E-state index contributed by atoms with van der Waals surface area (Å²) >= 11 is 6.92. The van der Waals surface area contributed by atoms with Gasteiger partial charge in [0.1, 0.15) is 9.96 Å². The van der Waals surface area contributed by atoms with Gasteiger partial charge in [0, 0.05) is 6.54 Å². The Hall–Kier alpha value is -3.86. The minimum absolute atomic E-state index is 0.0111. The number of benzene rings is 2. The number of carboxylic acid groups (broad SMARTS) is 1. The Balaban J connectivity index is 0.000000566. The highest BCUT2D eigenvalue weighted by Crippen LogP contribution is 2.35. The van der Waals surface area contributed by atoms with E-state index >= 15 is 0 Å². The number of fused-ring (bicyclic) bond motifs is 1. The Kier molecular flexibility index (Phi) is 10.4. The average Bonchev–Trinajstić information content (AvgIpc) is 3.73. The molecule has 1 atom stereocenters. The summed E-state index contributed by atoms with van der Waals surface area (Å²) in [6.45, 7) is 1.69. The van der Waals surface area contributed by atoms with E-state index in [1.165, 1.54) is 19.2 Å². The molecular formula is C27H27ClF3N5O6S2. The van der Waals surface area contributed by atoms with Crippen LogP contribution in [-0.4, -0.2) is 61.1 Å². The van der Waals surface area contributed by atoms with Gasteiger partial charge in [0.2, 0.25) is 5.91 Å². The number of methoxy groups -OCH3 is 1. The Bertz CT molecular complexity index is 1750. The molecule has 1 amide bonds. The number of amides is 1. The maximum Gasteiger partial charge on any atom is 0.490 e. The average molecular weight is 674 g/mol. The van der Waals surface area contributed by atoms with Gasteiger partial charge in [-0.2, -0.15) is 18.3 Å². The molecule has 17 heteroatoms.